The number of nitrogens with one attached hydrogen (secondary N) is 1. The highest BCUT2D eigenvalue weighted by Crippen LogP contribution is 2.26. The molecule has 2 heterocycles. The molecule has 0 radical (unpaired) electrons. The maximum absolute atomic E-state index is 4.65. The number of hydrogen-bond acceptors (Lipinski definition) is 3. The Balaban J connectivity index is 1.99. The van der Waals surface area contributed by atoms with Gasteiger partial charge < -0.3 is 5.32 Å². The largest absolute Gasteiger partial charge is 0.380 e. The Hall–Kier alpha value is -1.22. The zero-order valence-corrected chi connectivity index (χ0v) is 10.8. The SMILES string of the molecule is Cc1ccc2cccc(NC3CCSC3)c2n1. The van der Waals surface area contributed by atoms with Crippen molar-refractivity contribution >= 4 is 28.4 Å². The molecule has 88 valence electrons. The number of aryl methyl sites for hydroxylation is 1. The fourth-order valence-corrected chi connectivity index (χ4v) is 3.38. The molecule has 1 fully saturated rings. The highest BCUT2D eigenvalue weighted by molar-refractivity contribution is 7.99. The van der Waals surface area contributed by atoms with Crippen molar-refractivity contribution in [3.63, 3.8) is 0 Å². The van der Waals surface area contributed by atoms with Gasteiger partial charge in [0.15, 0.2) is 0 Å². The second kappa shape index (κ2) is 4.57. The van der Waals surface area contributed by atoms with E-state index in [1.54, 1.807) is 0 Å². The van der Waals surface area contributed by atoms with Gasteiger partial charge in [-0.3, -0.25) is 4.98 Å². The lowest BCUT2D eigenvalue weighted by molar-refractivity contribution is 0.814. The molecule has 2 aromatic rings. The van der Waals surface area contributed by atoms with Crippen LogP contribution in [0.4, 0.5) is 5.69 Å². The fraction of sp³-hybridized carbons (Fsp3) is 0.357. The third kappa shape index (κ3) is 2.25. The molecule has 17 heavy (non-hydrogen) atoms. The van der Waals surface area contributed by atoms with Crippen molar-refractivity contribution in [3.8, 4) is 0 Å². The molecule has 0 amide bonds. The lowest BCUT2D eigenvalue weighted by atomic mass is 10.1. The van der Waals surface area contributed by atoms with E-state index in [9.17, 15) is 0 Å². The topological polar surface area (TPSA) is 24.9 Å². The minimum absolute atomic E-state index is 0.605. The molecule has 1 saturated heterocycles. The van der Waals surface area contributed by atoms with Crippen LogP contribution in [0.1, 0.15) is 12.1 Å². The van der Waals surface area contributed by atoms with E-state index in [2.05, 4.69) is 40.6 Å². The lowest BCUT2D eigenvalue weighted by Gasteiger charge is -2.14. The van der Waals surface area contributed by atoms with Gasteiger partial charge in [0.1, 0.15) is 0 Å². The second-order valence-corrected chi connectivity index (χ2v) is 5.68. The Morgan fingerprint density at radius 1 is 1.29 bits per heavy atom. The van der Waals surface area contributed by atoms with E-state index in [4.69, 9.17) is 0 Å². The number of nitrogens with zero attached hydrogens (tertiary/aromatic N) is 1. The van der Waals surface area contributed by atoms with E-state index in [0.29, 0.717) is 6.04 Å². The van der Waals surface area contributed by atoms with Gasteiger partial charge in [0.25, 0.3) is 0 Å². The highest BCUT2D eigenvalue weighted by Gasteiger charge is 2.16. The Morgan fingerprint density at radius 3 is 3.06 bits per heavy atom. The third-order valence-electron chi connectivity index (χ3n) is 3.15. The Morgan fingerprint density at radius 2 is 2.24 bits per heavy atom. The highest BCUT2D eigenvalue weighted by atomic mass is 32.2. The van der Waals surface area contributed by atoms with Crippen LogP contribution < -0.4 is 5.32 Å². The zero-order chi connectivity index (χ0) is 11.7. The molecule has 0 saturated carbocycles. The predicted octanol–water partition coefficient (Wildman–Crippen LogP) is 3.46. The second-order valence-electron chi connectivity index (χ2n) is 4.53. The van der Waals surface area contributed by atoms with Gasteiger partial charge >= 0.3 is 0 Å². The van der Waals surface area contributed by atoms with E-state index in [1.807, 2.05) is 18.7 Å². The van der Waals surface area contributed by atoms with Gasteiger partial charge in [-0.15, -0.1) is 0 Å². The van der Waals surface area contributed by atoms with Crippen molar-refractivity contribution in [3.05, 3.63) is 36.0 Å². The predicted molar refractivity (Wildman–Crippen MR) is 75.8 cm³/mol. The number of aromatic nitrogens is 1. The van der Waals surface area contributed by atoms with Gasteiger partial charge in [0.05, 0.1) is 11.2 Å². The van der Waals surface area contributed by atoms with Gasteiger partial charge in [0, 0.05) is 22.9 Å². The lowest BCUT2D eigenvalue weighted by Crippen LogP contribution is -2.18. The maximum Gasteiger partial charge on any atom is 0.0936 e. The molecule has 1 N–H and O–H groups in total. The van der Waals surface area contributed by atoms with Crippen LogP contribution in [0.3, 0.4) is 0 Å². The molecule has 1 unspecified atom stereocenters. The number of fused-ring (bicyclic) bond motifs is 1. The van der Waals surface area contributed by atoms with Crippen molar-refractivity contribution in [1.82, 2.24) is 4.98 Å². The molecule has 1 aliphatic heterocycles. The summed E-state index contributed by atoms with van der Waals surface area (Å²) in [6.45, 7) is 2.04. The first kappa shape index (κ1) is 10.9. The first-order valence-corrected chi connectivity index (χ1v) is 7.19. The van der Waals surface area contributed by atoms with E-state index < -0.39 is 0 Å². The van der Waals surface area contributed by atoms with E-state index in [-0.39, 0.29) is 0 Å². The molecule has 1 aliphatic rings. The number of benzene rings is 1. The Labute approximate surface area is 106 Å². The zero-order valence-electron chi connectivity index (χ0n) is 9.94. The van der Waals surface area contributed by atoms with Crippen LogP contribution in [-0.2, 0) is 0 Å². The van der Waals surface area contributed by atoms with Crippen LogP contribution in [0.25, 0.3) is 10.9 Å². The normalized spacial score (nSPS) is 19.7. The molecule has 3 heteroatoms. The molecule has 0 bridgehead atoms. The standard InChI is InChI=1S/C14H16N2S/c1-10-5-6-11-3-2-4-13(14(11)15-10)16-12-7-8-17-9-12/h2-6,12,16H,7-9H2,1H3. The van der Waals surface area contributed by atoms with E-state index in [0.717, 1.165) is 11.2 Å². The number of rotatable bonds is 2. The summed E-state index contributed by atoms with van der Waals surface area (Å²) in [5.41, 5.74) is 3.36. The van der Waals surface area contributed by atoms with Gasteiger partial charge in [-0.25, -0.2) is 0 Å². The van der Waals surface area contributed by atoms with Crippen LogP contribution >= 0.6 is 11.8 Å². The van der Waals surface area contributed by atoms with Crippen LogP contribution in [0.15, 0.2) is 30.3 Å². The Kier molecular flexibility index (Phi) is 2.93. The third-order valence-corrected chi connectivity index (χ3v) is 4.31. The Bertz CT molecular complexity index is 533. The molecule has 1 aromatic heterocycles. The molecule has 1 aromatic carbocycles. The monoisotopic (exact) mass is 244 g/mol. The van der Waals surface area contributed by atoms with Crippen molar-refractivity contribution in [2.75, 3.05) is 16.8 Å². The van der Waals surface area contributed by atoms with Crippen molar-refractivity contribution in [2.45, 2.75) is 19.4 Å². The fourth-order valence-electron chi connectivity index (χ4n) is 2.23. The van der Waals surface area contributed by atoms with Gasteiger partial charge in [-0.2, -0.15) is 11.8 Å². The number of pyridine rings is 1. The van der Waals surface area contributed by atoms with Crippen LogP contribution in [0.5, 0.6) is 0 Å². The number of para-hydroxylation sites is 1. The summed E-state index contributed by atoms with van der Waals surface area (Å²) in [6, 6.07) is 11.2. The smallest absolute Gasteiger partial charge is 0.0936 e. The van der Waals surface area contributed by atoms with Crippen LogP contribution in [0.2, 0.25) is 0 Å². The van der Waals surface area contributed by atoms with E-state index >= 15 is 0 Å². The van der Waals surface area contributed by atoms with Gasteiger partial charge in [0.2, 0.25) is 0 Å². The molecule has 3 rings (SSSR count). The average molecular weight is 244 g/mol. The summed E-state index contributed by atoms with van der Waals surface area (Å²) < 4.78 is 0. The number of anilines is 1. The molecular weight excluding hydrogens is 228 g/mol. The van der Waals surface area contributed by atoms with Crippen LogP contribution in [0, 0.1) is 6.92 Å². The summed E-state index contributed by atoms with van der Waals surface area (Å²) in [6.07, 6.45) is 1.26. The quantitative estimate of drug-likeness (QED) is 0.875. The molecule has 2 nitrogen and oxygen atoms in total. The summed E-state index contributed by atoms with van der Waals surface area (Å²) in [5.74, 6) is 2.48. The first-order chi connectivity index (χ1) is 8.33. The number of hydrogen-bond donors (Lipinski definition) is 1. The average Bonchev–Trinajstić information content (AvgIpc) is 2.83. The van der Waals surface area contributed by atoms with Crippen molar-refractivity contribution < 1.29 is 0 Å². The summed E-state index contributed by atoms with van der Waals surface area (Å²) in [7, 11) is 0. The first-order valence-electron chi connectivity index (χ1n) is 6.03. The summed E-state index contributed by atoms with van der Waals surface area (Å²) >= 11 is 2.03. The minimum Gasteiger partial charge on any atom is -0.380 e. The summed E-state index contributed by atoms with van der Waals surface area (Å²) in [5, 5.41) is 4.84. The number of thioether (sulfide) groups is 1. The minimum atomic E-state index is 0.605. The maximum atomic E-state index is 4.65. The van der Waals surface area contributed by atoms with Gasteiger partial charge in [-0.05, 0) is 31.2 Å². The van der Waals surface area contributed by atoms with Crippen LogP contribution in [-0.4, -0.2) is 22.5 Å². The van der Waals surface area contributed by atoms with Crippen molar-refractivity contribution in [2.24, 2.45) is 0 Å². The van der Waals surface area contributed by atoms with Crippen molar-refractivity contribution in [1.29, 1.82) is 0 Å². The van der Waals surface area contributed by atoms with Gasteiger partial charge in [-0.1, -0.05) is 18.2 Å². The molecular formula is C14H16N2S. The molecule has 0 spiro atoms. The molecule has 1 atom stereocenters. The van der Waals surface area contributed by atoms with E-state index in [1.165, 1.54) is 29.0 Å². The summed E-state index contributed by atoms with van der Waals surface area (Å²) in [4.78, 5) is 4.65. The molecule has 0 aliphatic carbocycles.